The molecule has 16 heavy (non-hydrogen) atoms. The van der Waals surface area contributed by atoms with Crippen molar-refractivity contribution in [2.75, 3.05) is 19.3 Å². The standard InChI is InChI=1S/C12H22N4/c1-16(7-6-10-4-2-3-5-10)9-11-8-12(13)15-14-11/h8,10H,2-7,9H2,1H3,(H3,13,14,15). The van der Waals surface area contributed by atoms with E-state index in [-0.39, 0.29) is 0 Å². The minimum Gasteiger partial charge on any atom is -0.382 e. The lowest BCUT2D eigenvalue weighted by Gasteiger charge is -2.17. The topological polar surface area (TPSA) is 57.9 Å². The van der Waals surface area contributed by atoms with Gasteiger partial charge in [-0.1, -0.05) is 25.7 Å². The van der Waals surface area contributed by atoms with Gasteiger partial charge in [0.25, 0.3) is 0 Å². The number of H-pyrrole nitrogens is 1. The largest absolute Gasteiger partial charge is 0.382 e. The minimum atomic E-state index is 0.583. The molecule has 1 aliphatic carbocycles. The van der Waals surface area contributed by atoms with Gasteiger partial charge in [-0.2, -0.15) is 5.10 Å². The van der Waals surface area contributed by atoms with Crippen LogP contribution in [0.25, 0.3) is 0 Å². The fourth-order valence-corrected chi connectivity index (χ4v) is 2.53. The molecule has 1 heterocycles. The number of hydrogen-bond acceptors (Lipinski definition) is 3. The van der Waals surface area contributed by atoms with Crippen LogP contribution in [-0.4, -0.2) is 28.7 Å². The van der Waals surface area contributed by atoms with Crippen molar-refractivity contribution >= 4 is 5.82 Å². The summed E-state index contributed by atoms with van der Waals surface area (Å²) < 4.78 is 0. The molecule has 1 aromatic heterocycles. The average Bonchev–Trinajstić information content (AvgIpc) is 2.87. The van der Waals surface area contributed by atoms with E-state index in [0.717, 1.165) is 18.2 Å². The predicted octanol–water partition coefficient (Wildman–Crippen LogP) is 2.00. The zero-order valence-corrected chi connectivity index (χ0v) is 10.1. The van der Waals surface area contributed by atoms with Crippen molar-refractivity contribution in [3.63, 3.8) is 0 Å². The highest BCUT2D eigenvalue weighted by molar-refractivity contribution is 5.28. The lowest BCUT2D eigenvalue weighted by molar-refractivity contribution is 0.291. The zero-order valence-electron chi connectivity index (χ0n) is 10.1. The van der Waals surface area contributed by atoms with Crippen molar-refractivity contribution in [2.24, 2.45) is 5.92 Å². The normalized spacial score (nSPS) is 17.4. The molecule has 0 aromatic carbocycles. The third-order valence-electron chi connectivity index (χ3n) is 3.48. The van der Waals surface area contributed by atoms with Crippen molar-refractivity contribution < 1.29 is 0 Å². The second-order valence-electron chi connectivity index (χ2n) is 4.99. The number of hydrogen-bond donors (Lipinski definition) is 2. The molecule has 0 aliphatic heterocycles. The molecular weight excluding hydrogens is 200 g/mol. The van der Waals surface area contributed by atoms with E-state index in [1.54, 1.807) is 0 Å². The van der Waals surface area contributed by atoms with Gasteiger partial charge in [-0.3, -0.25) is 5.10 Å². The van der Waals surface area contributed by atoms with Gasteiger partial charge in [0.2, 0.25) is 0 Å². The Kier molecular flexibility index (Phi) is 3.83. The average molecular weight is 222 g/mol. The van der Waals surface area contributed by atoms with E-state index < -0.39 is 0 Å². The monoisotopic (exact) mass is 222 g/mol. The van der Waals surface area contributed by atoms with Gasteiger partial charge in [-0.15, -0.1) is 0 Å². The Hall–Kier alpha value is -1.03. The van der Waals surface area contributed by atoms with E-state index in [9.17, 15) is 0 Å². The summed E-state index contributed by atoms with van der Waals surface area (Å²) in [5.74, 6) is 1.55. The van der Waals surface area contributed by atoms with Crippen molar-refractivity contribution in [1.82, 2.24) is 15.1 Å². The highest BCUT2D eigenvalue weighted by Gasteiger charge is 2.15. The Morgan fingerprint density at radius 2 is 2.25 bits per heavy atom. The molecule has 4 nitrogen and oxygen atoms in total. The Morgan fingerprint density at radius 3 is 2.88 bits per heavy atom. The van der Waals surface area contributed by atoms with Gasteiger partial charge in [-0.05, 0) is 25.9 Å². The molecule has 0 amide bonds. The second kappa shape index (κ2) is 5.34. The SMILES string of the molecule is CN(CCC1CCCC1)Cc1cc(N)n[nH]1. The van der Waals surface area contributed by atoms with Crippen LogP contribution in [0.15, 0.2) is 6.07 Å². The predicted molar refractivity (Wildman–Crippen MR) is 65.9 cm³/mol. The summed E-state index contributed by atoms with van der Waals surface area (Å²) in [6.45, 7) is 2.08. The van der Waals surface area contributed by atoms with E-state index in [2.05, 4.69) is 22.1 Å². The molecular formula is C12H22N4. The Labute approximate surface area is 97.2 Å². The second-order valence-corrected chi connectivity index (χ2v) is 4.99. The first-order valence-electron chi connectivity index (χ1n) is 6.22. The fraction of sp³-hybridized carbons (Fsp3) is 0.750. The molecule has 0 saturated heterocycles. The number of nitrogens with zero attached hydrogens (tertiary/aromatic N) is 2. The molecule has 90 valence electrons. The van der Waals surface area contributed by atoms with E-state index >= 15 is 0 Å². The summed E-state index contributed by atoms with van der Waals surface area (Å²) in [5, 5.41) is 6.88. The Balaban J connectivity index is 1.69. The first-order valence-corrected chi connectivity index (χ1v) is 6.22. The van der Waals surface area contributed by atoms with Gasteiger partial charge in [0.1, 0.15) is 5.82 Å². The van der Waals surface area contributed by atoms with Crippen LogP contribution in [0.4, 0.5) is 5.82 Å². The third-order valence-corrected chi connectivity index (χ3v) is 3.48. The lowest BCUT2D eigenvalue weighted by Crippen LogP contribution is -2.21. The van der Waals surface area contributed by atoms with Crippen molar-refractivity contribution in [1.29, 1.82) is 0 Å². The van der Waals surface area contributed by atoms with E-state index in [4.69, 9.17) is 5.73 Å². The first kappa shape index (κ1) is 11.5. The van der Waals surface area contributed by atoms with E-state index in [0.29, 0.717) is 5.82 Å². The Bertz CT molecular complexity index is 315. The maximum atomic E-state index is 5.57. The van der Waals surface area contributed by atoms with Gasteiger partial charge >= 0.3 is 0 Å². The van der Waals surface area contributed by atoms with Gasteiger partial charge in [0.15, 0.2) is 0 Å². The summed E-state index contributed by atoms with van der Waals surface area (Å²) in [4.78, 5) is 2.34. The van der Waals surface area contributed by atoms with Crippen LogP contribution in [0.5, 0.6) is 0 Å². The van der Waals surface area contributed by atoms with Crippen LogP contribution >= 0.6 is 0 Å². The quantitative estimate of drug-likeness (QED) is 0.801. The van der Waals surface area contributed by atoms with Crippen LogP contribution in [0.3, 0.4) is 0 Å². The lowest BCUT2D eigenvalue weighted by atomic mass is 10.0. The Morgan fingerprint density at radius 1 is 1.50 bits per heavy atom. The summed E-state index contributed by atoms with van der Waals surface area (Å²) in [6, 6.07) is 1.91. The van der Waals surface area contributed by atoms with Gasteiger partial charge < -0.3 is 10.6 Å². The summed E-state index contributed by atoms with van der Waals surface area (Å²) in [5.41, 5.74) is 6.67. The van der Waals surface area contributed by atoms with Gasteiger partial charge in [0.05, 0.1) is 5.69 Å². The molecule has 0 unspecified atom stereocenters. The van der Waals surface area contributed by atoms with Crippen molar-refractivity contribution in [2.45, 2.75) is 38.6 Å². The van der Waals surface area contributed by atoms with Crippen LogP contribution in [-0.2, 0) is 6.54 Å². The van der Waals surface area contributed by atoms with Crippen LogP contribution in [0.2, 0.25) is 0 Å². The molecule has 2 rings (SSSR count). The zero-order chi connectivity index (χ0) is 11.4. The highest BCUT2D eigenvalue weighted by atomic mass is 15.2. The molecule has 1 saturated carbocycles. The smallest absolute Gasteiger partial charge is 0.145 e. The first-order chi connectivity index (χ1) is 7.74. The maximum absolute atomic E-state index is 5.57. The van der Waals surface area contributed by atoms with Crippen LogP contribution < -0.4 is 5.73 Å². The molecule has 3 N–H and O–H groups in total. The van der Waals surface area contributed by atoms with Crippen LogP contribution in [0, 0.1) is 5.92 Å². The molecule has 0 bridgehead atoms. The fourth-order valence-electron chi connectivity index (χ4n) is 2.53. The van der Waals surface area contributed by atoms with Crippen molar-refractivity contribution in [3.05, 3.63) is 11.8 Å². The molecule has 4 heteroatoms. The molecule has 1 aliphatic rings. The number of nitrogen functional groups attached to an aromatic ring is 1. The summed E-state index contributed by atoms with van der Waals surface area (Å²) in [7, 11) is 2.16. The number of anilines is 1. The number of nitrogens with two attached hydrogens (primary N) is 1. The molecule has 1 fully saturated rings. The molecule has 1 aromatic rings. The van der Waals surface area contributed by atoms with Gasteiger partial charge in [-0.25, -0.2) is 0 Å². The maximum Gasteiger partial charge on any atom is 0.145 e. The highest BCUT2D eigenvalue weighted by Crippen LogP contribution is 2.27. The number of aromatic amines is 1. The van der Waals surface area contributed by atoms with E-state index in [1.807, 2.05) is 6.07 Å². The van der Waals surface area contributed by atoms with Crippen molar-refractivity contribution in [3.8, 4) is 0 Å². The minimum absolute atomic E-state index is 0.583. The molecule has 0 radical (unpaired) electrons. The molecule has 0 atom stereocenters. The third kappa shape index (κ3) is 3.23. The van der Waals surface area contributed by atoms with E-state index in [1.165, 1.54) is 38.6 Å². The number of nitrogens with one attached hydrogen (secondary N) is 1. The summed E-state index contributed by atoms with van der Waals surface area (Å²) >= 11 is 0. The number of aromatic nitrogens is 2. The summed E-state index contributed by atoms with van der Waals surface area (Å²) in [6.07, 6.45) is 7.08. The number of rotatable bonds is 5. The van der Waals surface area contributed by atoms with Gasteiger partial charge in [0, 0.05) is 12.6 Å². The van der Waals surface area contributed by atoms with Crippen LogP contribution in [0.1, 0.15) is 37.8 Å². The molecule has 0 spiro atoms.